The first-order chi connectivity index (χ1) is 14.1. The van der Waals surface area contributed by atoms with E-state index >= 15 is 0 Å². The van der Waals surface area contributed by atoms with E-state index in [-0.39, 0.29) is 18.2 Å². The summed E-state index contributed by atoms with van der Waals surface area (Å²) in [6.45, 7) is 7.04. The second-order valence-electron chi connectivity index (χ2n) is 7.29. The van der Waals surface area contributed by atoms with Gasteiger partial charge in [0.05, 0.1) is 24.4 Å². The van der Waals surface area contributed by atoms with Crippen LogP contribution in [0.3, 0.4) is 0 Å². The van der Waals surface area contributed by atoms with Gasteiger partial charge in [-0.2, -0.15) is 0 Å². The Morgan fingerprint density at radius 2 is 2.10 bits per heavy atom. The average Bonchev–Trinajstić information content (AvgIpc) is 3.11. The van der Waals surface area contributed by atoms with Crippen LogP contribution in [0.2, 0.25) is 0 Å². The Balaban J connectivity index is 1.41. The lowest BCUT2D eigenvalue weighted by Gasteiger charge is -2.41. The first-order valence-corrected chi connectivity index (χ1v) is 10.0. The smallest absolute Gasteiger partial charge is 0.319 e. The second-order valence-corrected chi connectivity index (χ2v) is 7.29. The van der Waals surface area contributed by atoms with Gasteiger partial charge in [0.25, 0.3) is 0 Å². The van der Waals surface area contributed by atoms with Crippen molar-refractivity contribution in [3.05, 3.63) is 66.1 Å². The van der Waals surface area contributed by atoms with Crippen LogP contribution in [0.15, 0.2) is 54.9 Å². The van der Waals surface area contributed by atoms with Crippen LogP contribution in [0.5, 0.6) is 0 Å². The number of rotatable bonds is 5. The summed E-state index contributed by atoms with van der Waals surface area (Å²) >= 11 is 0. The Bertz CT molecular complexity index is 972. The number of pyridine rings is 1. The number of nitrogens with one attached hydrogen (secondary N) is 2. The molecule has 1 saturated heterocycles. The van der Waals surface area contributed by atoms with Gasteiger partial charge >= 0.3 is 6.03 Å². The SMILES string of the molecule is CCN1CCO[C@@H](CNC(=O)Nc2ccn3cc(C)nc3c2)[C@@H]1c1ccccc1. The summed E-state index contributed by atoms with van der Waals surface area (Å²) in [6.07, 6.45) is 3.73. The van der Waals surface area contributed by atoms with Crippen LogP contribution in [-0.4, -0.2) is 52.7 Å². The van der Waals surface area contributed by atoms with Crippen molar-refractivity contribution < 1.29 is 9.53 Å². The Morgan fingerprint density at radius 1 is 1.28 bits per heavy atom. The summed E-state index contributed by atoms with van der Waals surface area (Å²) in [5, 5.41) is 5.86. The highest BCUT2D eigenvalue weighted by atomic mass is 16.5. The van der Waals surface area contributed by atoms with Gasteiger partial charge in [-0.3, -0.25) is 4.90 Å². The molecule has 3 aromatic rings. The van der Waals surface area contributed by atoms with E-state index in [2.05, 4.69) is 39.6 Å². The van der Waals surface area contributed by atoms with Gasteiger partial charge in [-0.1, -0.05) is 37.3 Å². The molecule has 0 unspecified atom stereocenters. The second kappa shape index (κ2) is 8.63. The number of benzene rings is 1. The molecule has 1 aromatic carbocycles. The minimum atomic E-state index is -0.248. The molecule has 2 aromatic heterocycles. The van der Waals surface area contributed by atoms with E-state index in [1.165, 1.54) is 5.56 Å². The van der Waals surface area contributed by atoms with Crippen LogP contribution in [-0.2, 0) is 4.74 Å². The third-order valence-corrected chi connectivity index (χ3v) is 5.31. The number of fused-ring (bicyclic) bond motifs is 1. The van der Waals surface area contributed by atoms with E-state index < -0.39 is 0 Å². The van der Waals surface area contributed by atoms with Crippen LogP contribution in [0, 0.1) is 6.92 Å². The fraction of sp³-hybridized carbons (Fsp3) is 0.364. The molecule has 1 aliphatic heterocycles. The lowest BCUT2D eigenvalue weighted by molar-refractivity contribution is -0.0680. The van der Waals surface area contributed by atoms with Crippen molar-refractivity contribution >= 4 is 17.4 Å². The van der Waals surface area contributed by atoms with Crippen molar-refractivity contribution in [1.29, 1.82) is 0 Å². The molecule has 2 amide bonds. The minimum absolute atomic E-state index is 0.103. The predicted octanol–water partition coefficient (Wildman–Crippen LogP) is 3.23. The average molecular weight is 393 g/mol. The van der Waals surface area contributed by atoms with E-state index in [9.17, 15) is 4.79 Å². The number of ether oxygens (including phenoxy) is 1. The maximum absolute atomic E-state index is 12.5. The highest BCUT2D eigenvalue weighted by Gasteiger charge is 2.32. The number of carbonyl (C=O) groups is 1. The maximum atomic E-state index is 12.5. The predicted molar refractivity (Wildman–Crippen MR) is 113 cm³/mol. The number of imidazole rings is 1. The van der Waals surface area contributed by atoms with E-state index in [1.807, 2.05) is 54.0 Å². The molecular weight excluding hydrogens is 366 g/mol. The summed E-state index contributed by atoms with van der Waals surface area (Å²) in [6, 6.07) is 13.9. The van der Waals surface area contributed by atoms with E-state index in [1.54, 1.807) is 0 Å². The molecule has 2 N–H and O–H groups in total. The number of hydrogen-bond donors (Lipinski definition) is 2. The third kappa shape index (κ3) is 4.41. The largest absolute Gasteiger partial charge is 0.373 e. The first-order valence-electron chi connectivity index (χ1n) is 10.0. The molecule has 1 aliphatic rings. The molecule has 0 radical (unpaired) electrons. The third-order valence-electron chi connectivity index (χ3n) is 5.31. The summed E-state index contributed by atoms with van der Waals surface area (Å²) in [7, 11) is 0. The summed E-state index contributed by atoms with van der Waals surface area (Å²) in [5.74, 6) is 0. The number of amides is 2. The van der Waals surface area contributed by atoms with E-state index in [0.717, 1.165) is 24.4 Å². The number of hydrogen-bond acceptors (Lipinski definition) is 4. The molecule has 7 heteroatoms. The van der Waals surface area contributed by atoms with Crippen LogP contribution in [0.1, 0.15) is 24.2 Å². The Morgan fingerprint density at radius 3 is 2.90 bits per heavy atom. The topological polar surface area (TPSA) is 70.9 Å². The molecule has 0 bridgehead atoms. The van der Waals surface area contributed by atoms with Gasteiger partial charge in [-0.15, -0.1) is 0 Å². The van der Waals surface area contributed by atoms with Crippen molar-refractivity contribution in [2.75, 3.05) is 31.6 Å². The fourth-order valence-corrected chi connectivity index (χ4v) is 3.94. The van der Waals surface area contributed by atoms with Gasteiger partial charge in [0, 0.05) is 37.2 Å². The summed E-state index contributed by atoms with van der Waals surface area (Å²) in [5.41, 5.74) is 3.66. The molecule has 29 heavy (non-hydrogen) atoms. The highest BCUT2D eigenvalue weighted by molar-refractivity contribution is 5.89. The highest BCUT2D eigenvalue weighted by Crippen LogP contribution is 2.29. The Kier molecular flexibility index (Phi) is 5.78. The number of urea groups is 1. The Hall–Kier alpha value is -2.90. The van der Waals surface area contributed by atoms with Gasteiger partial charge < -0.3 is 19.8 Å². The molecule has 1 fully saturated rings. The molecule has 152 valence electrons. The fourth-order valence-electron chi connectivity index (χ4n) is 3.94. The lowest BCUT2D eigenvalue weighted by atomic mass is 9.98. The number of nitrogens with zero attached hydrogens (tertiary/aromatic N) is 3. The molecular formula is C22H27N5O2. The normalized spacial score (nSPS) is 19.9. The quantitative estimate of drug-likeness (QED) is 0.698. The van der Waals surface area contributed by atoms with Crippen LogP contribution >= 0.6 is 0 Å². The molecule has 0 saturated carbocycles. The van der Waals surface area contributed by atoms with Gasteiger partial charge in [0.2, 0.25) is 0 Å². The molecule has 7 nitrogen and oxygen atoms in total. The van der Waals surface area contributed by atoms with Crippen molar-refractivity contribution in [3.63, 3.8) is 0 Å². The maximum Gasteiger partial charge on any atom is 0.319 e. The van der Waals surface area contributed by atoms with Gasteiger partial charge in [0.15, 0.2) is 0 Å². The van der Waals surface area contributed by atoms with Crippen LogP contribution in [0.25, 0.3) is 5.65 Å². The van der Waals surface area contributed by atoms with Crippen molar-refractivity contribution in [1.82, 2.24) is 19.6 Å². The van der Waals surface area contributed by atoms with E-state index in [0.29, 0.717) is 18.8 Å². The molecule has 4 rings (SSSR count). The van der Waals surface area contributed by atoms with Crippen LogP contribution < -0.4 is 10.6 Å². The first kappa shape index (κ1) is 19.4. The molecule has 0 aliphatic carbocycles. The Labute approximate surface area is 170 Å². The number of anilines is 1. The van der Waals surface area contributed by atoms with Gasteiger partial charge in [0.1, 0.15) is 5.65 Å². The number of aryl methyl sites for hydroxylation is 1. The molecule has 0 spiro atoms. The summed E-state index contributed by atoms with van der Waals surface area (Å²) < 4.78 is 7.97. The molecule has 2 atom stereocenters. The molecule has 3 heterocycles. The minimum Gasteiger partial charge on any atom is -0.373 e. The number of morpholine rings is 1. The van der Waals surface area contributed by atoms with Crippen molar-refractivity contribution in [2.24, 2.45) is 0 Å². The number of aromatic nitrogens is 2. The van der Waals surface area contributed by atoms with E-state index in [4.69, 9.17) is 4.74 Å². The number of likely N-dealkylation sites (N-methyl/N-ethyl adjacent to an activating group) is 1. The zero-order chi connectivity index (χ0) is 20.2. The standard InChI is InChI=1S/C22H27N5O2/c1-3-26-11-12-29-19(21(26)17-7-5-4-6-8-17)14-23-22(28)25-18-9-10-27-15-16(2)24-20(27)13-18/h4-10,13,15,19,21H,3,11-12,14H2,1-2H3,(H2,23,25,28)/t19-,21-/m0/s1. The zero-order valence-corrected chi connectivity index (χ0v) is 16.8. The zero-order valence-electron chi connectivity index (χ0n) is 16.8. The van der Waals surface area contributed by atoms with Gasteiger partial charge in [-0.25, -0.2) is 9.78 Å². The summed E-state index contributed by atoms with van der Waals surface area (Å²) in [4.78, 5) is 19.3. The van der Waals surface area contributed by atoms with Crippen LogP contribution in [0.4, 0.5) is 10.5 Å². The van der Waals surface area contributed by atoms with Crippen molar-refractivity contribution in [3.8, 4) is 0 Å². The van der Waals surface area contributed by atoms with Gasteiger partial charge in [-0.05, 0) is 25.1 Å². The monoisotopic (exact) mass is 393 g/mol. The number of carbonyl (C=O) groups excluding carboxylic acids is 1. The lowest BCUT2D eigenvalue weighted by Crippen LogP contribution is -2.50. The van der Waals surface area contributed by atoms with Crippen molar-refractivity contribution in [2.45, 2.75) is 26.0 Å².